The molecule has 0 bridgehead atoms. The molecule has 0 saturated heterocycles. The average molecular weight is 866 g/mol. The predicted octanol–water partition coefficient (Wildman–Crippen LogP) is 8.93. The third kappa shape index (κ3) is 15.4. The van der Waals surface area contributed by atoms with Crippen LogP contribution in [0.1, 0.15) is 76.6 Å². The molecule has 14 heteroatoms. The lowest BCUT2D eigenvalue weighted by atomic mass is 9.86. The first-order valence-electron chi connectivity index (χ1n) is 21.0. The molecule has 3 heterocycles. The fraction of sp³-hybridized carbons (Fsp3) is 0.354. The number of β-amino-alcohol motifs (C(OH)–C–C–N with tert-alkyl or cyclic N) is 1. The molecule has 10 nitrogen and oxygen atoms in total. The van der Waals surface area contributed by atoms with Crippen molar-refractivity contribution in [2.75, 3.05) is 26.3 Å². The van der Waals surface area contributed by atoms with Crippen LogP contribution in [-0.4, -0.2) is 78.0 Å². The quantitative estimate of drug-likeness (QED) is 0.0300. The van der Waals surface area contributed by atoms with Gasteiger partial charge in [0.05, 0.1) is 17.1 Å². The predicted molar refractivity (Wildman–Crippen MR) is 249 cm³/mol. The normalized spacial score (nSPS) is 13.9. The number of para-hydroxylation sites is 1. The highest BCUT2D eigenvalue weighted by atomic mass is 32.1. The molecule has 0 spiro atoms. The molecule has 0 radical (unpaired) electrons. The van der Waals surface area contributed by atoms with E-state index in [1.54, 1.807) is 36.4 Å². The van der Waals surface area contributed by atoms with Crippen LogP contribution >= 0.6 is 11.3 Å². The number of aromatic nitrogens is 1. The van der Waals surface area contributed by atoms with Crippen molar-refractivity contribution >= 4 is 48.4 Å². The number of rotatable bonds is 25. The summed E-state index contributed by atoms with van der Waals surface area (Å²) in [7, 11) is -2.68. The summed E-state index contributed by atoms with van der Waals surface area (Å²) in [5, 5.41) is 21.9. The lowest BCUT2D eigenvalue weighted by molar-refractivity contribution is -0.124. The zero-order valence-corrected chi connectivity index (χ0v) is 36.9. The Morgan fingerprint density at radius 2 is 1.73 bits per heavy atom. The summed E-state index contributed by atoms with van der Waals surface area (Å²) in [5.41, 5.74) is 3.22. The summed E-state index contributed by atoms with van der Waals surface area (Å²) in [5.74, 6) is 1.05. The number of hydrogen-bond donors (Lipinski definition) is 4. The number of halogens is 2. The van der Waals surface area contributed by atoms with Gasteiger partial charge in [0.15, 0.2) is 6.61 Å². The second-order valence-corrected chi connectivity index (χ2v) is 17.4. The van der Waals surface area contributed by atoms with Crippen LogP contribution in [0.4, 0.5) is 8.63 Å². The monoisotopic (exact) mass is 865 g/mol. The van der Waals surface area contributed by atoms with Gasteiger partial charge in [0.1, 0.15) is 24.2 Å². The van der Waals surface area contributed by atoms with Crippen LogP contribution in [0.25, 0.3) is 22.7 Å². The molecular weight excluding hydrogens is 807 g/mol. The van der Waals surface area contributed by atoms with Crippen molar-refractivity contribution in [3.63, 3.8) is 0 Å². The van der Waals surface area contributed by atoms with Crippen molar-refractivity contribution in [1.29, 1.82) is 0 Å². The van der Waals surface area contributed by atoms with Crippen LogP contribution in [0, 0.1) is 0 Å². The molecule has 0 saturated carbocycles. The Kier molecular flexibility index (Phi) is 17.6. The van der Waals surface area contributed by atoms with Crippen molar-refractivity contribution in [2.45, 2.75) is 83.4 Å². The van der Waals surface area contributed by atoms with Crippen LogP contribution in [0.5, 0.6) is 11.5 Å². The molecule has 2 aromatic heterocycles. The summed E-state index contributed by atoms with van der Waals surface area (Å²) in [6.45, 7) is 12.8. The number of nitrogens with zero attached hydrogens (tertiary/aromatic N) is 2. The fourth-order valence-electron chi connectivity index (χ4n) is 7.27. The van der Waals surface area contributed by atoms with Gasteiger partial charge in [-0.25, -0.2) is 4.99 Å². The number of thiophene rings is 1. The van der Waals surface area contributed by atoms with Gasteiger partial charge in [-0.05, 0) is 131 Å². The van der Waals surface area contributed by atoms with Crippen molar-refractivity contribution in [3.8, 4) is 22.1 Å². The number of hydrogen-bond acceptors (Lipinski definition) is 8. The lowest BCUT2D eigenvalue weighted by Gasteiger charge is -2.37. The van der Waals surface area contributed by atoms with Crippen LogP contribution < -0.4 is 25.4 Å². The molecule has 62 heavy (non-hydrogen) atoms. The number of carbonyl (C=O) groups excluding carboxylic acids is 2. The Morgan fingerprint density at radius 1 is 0.935 bits per heavy atom. The minimum atomic E-state index is -2.68. The zero-order valence-electron chi connectivity index (χ0n) is 36.0. The van der Waals surface area contributed by atoms with Crippen molar-refractivity contribution in [2.24, 2.45) is 4.99 Å². The topological polar surface area (TPSA) is 126 Å². The first kappa shape index (κ1) is 47.5. The van der Waals surface area contributed by atoms with E-state index < -0.39 is 19.0 Å². The molecule has 328 valence electrons. The third-order valence-corrected chi connectivity index (χ3v) is 10.8. The highest BCUT2D eigenvalue weighted by molar-refractivity contribution is 7.13. The molecule has 1 aliphatic rings. The Bertz CT molecular complexity index is 2210. The number of aliphatic hydroxyl groups excluding tert-OH is 1. The summed E-state index contributed by atoms with van der Waals surface area (Å²) in [6.07, 6.45) is 14.1. The summed E-state index contributed by atoms with van der Waals surface area (Å²) in [4.78, 5) is 30.5. The van der Waals surface area contributed by atoms with Crippen molar-refractivity contribution in [3.05, 3.63) is 132 Å². The van der Waals surface area contributed by atoms with E-state index >= 15 is 0 Å². The van der Waals surface area contributed by atoms with E-state index in [1.807, 2.05) is 92.1 Å². The number of ether oxygens (including phenoxy) is 2. The Labute approximate surface area is 368 Å². The second-order valence-electron chi connectivity index (χ2n) is 16.5. The van der Waals surface area contributed by atoms with Gasteiger partial charge in [0.2, 0.25) is 5.91 Å². The summed E-state index contributed by atoms with van der Waals surface area (Å²) in [6, 6.07) is 22.1. The van der Waals surface area contributed by atoms with E-state index in [9.17, 15) is 23.3 Å². The highest BCUT2D eigenvalue weighted by Gasteiger charge is 2.30. The van der Waals surface area contributed by atoms with Gasteiger partial charge in [-0.15, -0.1) is 17.9 Å². The van der Waals surface area contributed by atoms with Gasteiger partial charge in [-0.2, -0.15) is 0 Å². The van der Waals surface area contributed by atoms with Gasteiger partial charge in [0.25, 0.3) is 5.91 Å². The van der Waals surface area contributed by atoms with Crippen LogP contribution in [0.2, 0.25) is 0 Å². The Morgan fingerprint density at radius 3 is 2.47 bits per heavy atom. The highest BCUT2D eigenvalue weighted by Crippen LogP contribution is 2.30. The molecule has 5 rings (SSSR count). The first-order valence-corrected chi connectivity index (χ1v) is 21.8. The molecule has 2 amide bonds. The van der Waals surface area contributed by atoms with Gasteiger partial charge >= 0.3 is 7.40 Å². The zero-order chi connectivity index (χ0) is 44.5. The molecule has 4 aromatic rings. The Balaban J connectivity index is 0.929. The molecule has 0 fully saturated rings. The van der Waals surface area contributed by atoms with Gasteiger partial charge < -0.3 is 35.0 Å². The van der Waals surface area contributed by atoms with Gasteiger partial charge in [-0.1, -0.05) is 55.0 Å². The van der Waals surface area contributed by atoms with E-state index in [0.29, 0.717) is 67.3 Å². The van der Waals surface area contributed by atoms with E-state index in [-0.39, 0.29) is 30.6 Å². The molecule has 2 aromatic carbocycles. The van der Waals surface area contributed by atoms with E-state index in [1.165, 1.54) is 11.3 Å². The number of aliphatic imine (C=N–C) groups is 1. The molecule has 0 aliphatic carbocycles. The maximum absolute atomic E-state index is 14.0. The smallest absolute Gasteiger partial charge is 0.491 e. The number of allylic oxidation sites excluding steroid dienone is 4. The Hall–Kier alpha value is -5.57. The second kappa shape index (κ2) is 23.0. The summed E-state index contributed by atoms with van der Waals surface area (Å²) >= 11 is 1.41. The molecule has 0 unspecified atom stereocenters. The number of benzene rings is 2. The standard InChI is InChI=1S/C48H58BF2N5O5S/c1-6-13-36-14-9-10-15-43(36)61-32-40(57)31-53-47(2,3)34-48(4,5)55-45(58)17-8-7-11-28-52-46(59)33-60-41-25-19-35(20-26-41)18-21-37-22-23-38(54-37)30-39-24-27-42(56(39)49(50)51)44-16-12-29-62-44/h6,9-10,12,14-16,18-27,29-30,40,53,57H,1,7-8,11,13,17,28,31-34H2,2-5H3,(H,52,59)(H,55,58)/b21-18+,38-30-/t40-/m0/s1. The number of unbranched alkanes of at least 4 members (excludes halogenated alkanes) is 2. The minimum Gasteiger partial charge on any atom is -0.491 e. The van der Waals surface area contributed by atoms with E-state index in [4.69, 9.17) is 9.47 Å². The SMILES string of the molecule is C=CCc1ccccc1OC[C@@H](O)CNC(C)(C)CC(C)(C)NC(=O)CCCCCNC(=O)COc1ccc(/C=C/C2=NC(=C\c3ccc(-c4cccs4)n3B(F)F)/C=C2)cc1. The van der Waals surface area contributed by atoms with Crippen LogP contribution in [0.15, 0.2) is 120 Å². The summed E-state index contributed by atoms with van der Waals surface area (Å²) < 4.78 is 40.5. The molecule has 4 N–H and O–H groups in total. The maximum atomic E-state index is 14.0. The largest absolute Gasteiger partial charge is 0.678 e. The van der Waals surface area contributed by atoms with Crippen molar-refractivity contribution in [1.82, 2.24) is 20.4 Å². The average Bonchev–Trinajstić information content (AvgIpc) is 4.02. The van der Waals surface area contributed by atoms with Crippen LogP contribution in [0.3, 0.4) is 0 Å². The molecular formula is C48H58BF2N5O5S. The number of carbonyl (C=O) groups is 2. The molecule has 1 aliphatic heterocycles. The number of nitrogens with one attached hydrogen (secondary N) is 3. The first-order chi connectivity index (χ1) is 29.7. The minimum absolute atomic E-state index is 0.0214. The fourth-order valence-corrected chi connectivity index (χ4v) is 8.02. The van der Waals surface area contributed by atoms with Gasteiger partial charge in [-0.3, -0.25) is 18.2 Å². The van der Waals surface area contributed by atoms with Crippen molar-refractivity contribution < 1.29 is 32.8 Å². The number of aliphatic hydroxyl groups is 1. The van der Waals surface area contributed by atoms with E-state index in [2.05, 4.69) is 41.4 Å². The molecule has 1 atom stereocenters. The van der Waals surface area contributed by atoms with Crippen LogP contribution in [-0.2, 0) is 16.0 Å². The lowest BCUT2D eigenvalue weighted by Crippen LogP contribution is -2.53. The van der Waals surface area contributed by atoms with E-state index in [0.717, 1.165) is 39.1 Å². The number of amides is 2. The third-order valence-electron chi connectivity index (χ3n) is 9.94. The van der Waals surface area contributed by atoms with Gasteiger partial charge in [0, 0.05) is 41.2 Å². The maximum Gasteiger partial charge on any atom is 0.678 e.